The third-order valence-corrected chi connectivity index (χ3v) is 11.1. The zero-order valence-electron chi connectivity index (χ0n) is 24.6. The van der Waals surface area contributed by atoms with Gasteiger partial charge in [-0.25, -0.2) is 9.97 Å². The second kappa shape index (κ2) is 9.51. The molecule has 4 aliphatic rings. The van der Waals surface area contributed by atoms with Crippen LogP contribution >= 0.6 is 0 Å². The van der Waals surface area contributed by atoms with Crippen molar-refractivity contribution in [2.45, 2.75) is 81.7 Å². The number of benzene rings is 3. The maximum atomic E-state index is 5.02. The quantitative estimate of drug-likeness (QED) is 0.212. The number of hydrogen-bond acceptors (Lipinski definition) is 4. The minimum Gasteiger partial charge on any atom is -0.341 e. The van der Waals surface area contributed by atoms with E-state index in [9.17, 15) is 0 Å². The molecule has 2 aliphatic carbocycles. The first-order valence-corrected chi connectivity index (χ1v) is 16.3. The van der Waals surface area contributed by atoms with Gasteiger partial charge in [-0.05, 0) is 135 Å². The van der Waals surface area contributed by atoms with E-state index in [0.717, 1.165) is 53.2 Å². The number of fused-ring (bicyclic) bond motifs is 4. The average Bonchev–Trinajstić information content (AvgIpc) is 3.85. The highest BCUT2D eigenvalue weighted by atomic mass is 15.2. The Kier molecular flexibility index (Phi) is 5.68. The zero-order chi connectivity index (χ0) is 27.8. The van der Waals surface area contributed by atoms with E-state index in [0.29, 0.717) is 17.5 Å². The molecule has 2 unspecified atom stereocenters. The summed E-state index contributed by atoms with van der Waals surface area (Å²) in [6.45, 7) is 2.24. The molecule has 2 aromatic heterocycles. The van der Waals surface area contributed by atoms with E-state index in [4.69, 9.17) is 9.97 Å². The topological polar surface area (TPSA) is 72.6 Å². The number of H-pyrrole nitrogens is 2. The molecule has 2 atom stereocenters. The minimum absolute atomic E-state index is 0.320. The second-order valence-electron chi connectivity index (χ2n) is 13.5. The van der Waals surface area contributed by atoms with Crippen molar-refractivity contribution >= 4 is 22.1 Å². The van der Waals surface area contributed by atoms with Crippen LogP contribution in [0.25, 0.3) is 44.3 Å². The van der Waals surface area contributed by atoms with Gasteiger partial charge in [-0.2, -0.15) is 0 Å². The molecular weight excluding hydrogens is 516 g/mol. The van der Waals surface area contributed by atoms with Crippen molar-refractivity contribution in [3.05, 3.63) is 71.3 Å². The summed E-state index contributed by atoms with van der Waals surface area (Å²) in [6, 6.07) is 19.4. The Morgan fingerprint density at radius 2 is 1.48 bits per heavy atom. The van der Waals surface area contributed by atoms with Crippen molar-refractivity contribution in [3.8, 4) is 22.3 Å². The molecule has 3 N–H and O–H groups in total. The molecule has 6 nitrogen and oxygen atoms in total. The summed E-state index contributed by atoms with van der Waals surface area (Å²) in [7, 11) is 2.22. The highest BCUT2D eigenvalue weighted by molar-refractivity contribution is 5.88. The number of nitrogens with one attached hydrogen (secondary N) is 3. The Labute approximate surface area is 247 Å². The molecule has 9 rings (SSSR count). The molecule has 0 amide bonds. The van der Waals surface area contributed by atoms with E-state index >= 15 is 0 Å². The van der Waals surface area contributed by atoms with Gasteiger partial charge in [-0.1, -0.05) is 37.1 Å². The van der Waals surface area contributed by atoms with Crippen LogP contribution in [0, 0.1) is 0 Å². The molecule has 3 aromatic carbocycles. The molecule has 1 spiro atoms. The van der Waals surface area contributed by atoms with Crippen LogP contribution in [0.1, 0.15) is 92.6 Å². The number of aromatic nitrogens is 4. The Bertz CT molecular complexity index is 1820. The first-order chi connectivity index (χ1) is 20.6. The van der Waals surface area contributed by atoms with Gasteiger partial charge < -0.3 is 15.3 Å². The monoisotopic (exact) mass is 556 g/mol. The molecule has 0 bridgehead atoms. The fourth-order valence-corrected chi connectivity index (χ4v) is 8.96. The number of nitrogens with zero attached hydrogens (tertiary/aromatic N) is 3. The number of hydrogen-bond donors (Lipinski definition) is 3. The summed E-state index contributed by atoms with van der Waals surface area (Å²) in [5, 5.41) is 3.59. The van der Waals surface area contributed by atoms with Gasteiger partial charge in [0.2, 0.25) is 0 Å². The van der Waals surface area contributed by atoms with Crippen LogP contribution in [-0.4, -0.2) is 45.0 Å². The predicted molar refractivity (Wildman–Crippen MR) is 170 cm³/mol. The van der Waals surface area contributed by atoms with Crippen LogP contribution in [0.5, 0.6) is 0 Å². The lowest BCUT2D eigenvalue weighted by Crippen LogP contribution is -2.19. The molecular formula is C36H40N6. The van der Waals surface area contributed by atoms with Gasteiger partial charge in [-0.3, -0.25) is 4.90 Å². The first-order valence-electron chi connectivity index (χ1n) is 16.3. The van der Waals surface area contributed by atoms with Crippen LogP contribution < -0.4 is 5.32 Å². The largest absolute Gasteiger partial charge is 0.341 e. The molecule has 4 heterocycles. The van der Waals surface area contributed by atoms with Crippen LogP contribution in [0.3, 0.4) is 0 Å². The van der Waals surface area contributed by atoms with Crippen LogP contribution in [0.2, 0.25) is 0 Å². The Morgan fingerprint density at radius 1 is 0.762 bits per heavy atom. The van der Waals surface area contributed by atoms with Crippen molar-refractivity contribution in [1.29, 1.82) is 0 Å². The lowest BCUT2D eigenvalue weighted by Gasteiger charge is -2.28. The minimum atomic E-state index is 0.320. The summed E-state index contributed by atoms with van der Waals surface area (Å²) >= 11 is 0. The maximum Gasteiger partial charge on any atom is 0.124 e. The molecule has 6 heteroatoms. The van der Waals surface area contributed by atoms with Crippen LogP contribution in [0.15, 0.2) is 48.5 Å². The molecule has 5 aromatic rings. The number of likely N-dealkylation sites (tertiary alicyclic amines) is 1. The average molecular weight is 557 g/mol. The van der Waals surface area contributed by atoms with E-state index in [1.807, 2.05) is 0 Å². The zero-order valence-corrected chi connectivity index (χ0v) is 24.6. The standard InChI is InChI=1S/C36H40N6/c1-42-19-5-7-32(42)35-39-28-13-9-23(21-31(28)41-35)25-11-10-24(26-14-17-36(33(25)26)15-2-3-16-36)22-8-12-27-30(20-22)40-34(38-27)29-6-4-18-37-29/h8-13,20-21,29,32,37H,2-7,14-19H2,1H3,(H,38,40)(H,39,41). The highest BCUT2D eigenvalue weighted by Gasteiger charge is 2.43. The summed E-state index contributed by atoms with van der Waals surface area (Å²) in [4.78, 5) is 19.8. The SMILES string of the molecule is CN1CCCC1c1nc2ccc(-c3ccc(-c4ccc5nc(C6CCCN6)[nH]c5c4)c4c3C3(CCCC3)CC4)cc2[nH]1. The van der Waals surface area contributed by atoms with Gasteiger partial charge in [0.1, 0.15) is 11.6 Å². The maximum absolute atomic E-state index is 5.02. The smallest absolute Gasteiger partial charge is 0.124 e. The van der Waals surface area contributed by atoms with Crippen LogP contribution in [-0.2, 0) is 11.8 Å². The van der Waals surface area contributed by atoms with Gasteiger partial charge in [0.25, 0.3) is 0 Å². The molecule has 1 saturated carbocycles. The molecule has 3 fully saturated rings. The molecule has 42 heavy (non-hydrogen) atoms. The lowest BCUT2D eigenvalue weighted by molar-refractivity contribution is 0.307. The fourth-order valence-electron chi connectivity index (χ4n) is 8.96. The van der Waals surface area contributed by atoms with Crippen molar-refractivity contribution in [2.75, 3.05) is 20.1 Å². The van der Waals surface area contributed by atoms with Crippen molar-refractivity contribution in [2.24, 2.45) is 0 Å². The molecule has 2 saturated heterocycles. The summed E-state index contributed by atoms with van der Waals surface area (Å²) in [5.74, 6) is 2.21. The van der Waals surface area contributed by atoms with E-state index < -0.39 is 0 Å². The third-order valence-electron chi connectivity index (χ3n) is 11.1. The van der Waals surface area contributed by atoms with Crippen LogP contribution in [0.4, 0.5) is 0 Å². The van der Waals surface area contributed by atoms with E-state index in [1.54, 1.807) is 11.1 Å². The lowest BCUT2D eigenvalue weighted by atomic mass is 9.76. The highest BCUT2D eigenvalue weighted by Crippen LogP contribution is 2.55. The van der Waals surface area contributed by atoms with E-state index in [-0.39, 0.29) is 0 Å². The van der Waals surface area contributed by atoms with Crippen molar-refractivity contribution in [1.82, 2.24) is 30.2 Å². The van der Waals surface area contributed by atoms with Crippen molar-refractivity contribution < 1.29 is 0 Å². The van der Waals surface area contributed by atoms with Gasteiger partial charge in [0, 0.05) is 0 Å². The Morgan fingerprint density at radius 3 is 2.19 bits per heavy atom. The van der Waals surface area contributed by atoms with Gasteiger partial charge in [0.15, 0.2) is 0 Å². The molecule has 0 radical (unpaired) electrons. The predicted octanol–water partition coefficient (Wildman–Crippen LogP) is 7.72. The summed E-state index contributed by atoms with van der Waals surface area (Å²) < 4.78 is 0. The van der Waals surface area contributed by atoms with Gasteiger partial charge >= 0.3 is 0 Å². The Hall–Kier alpha value is -3.48. The normalized spacial score (nSPS) is 23.6. The number of rotatable bonds is 4. The molecule has 2 aliphatic heterocycles. The molecule has 214 valence electrons. The van der Waals surface area contributed by atoms with Gasteiger partial charge in [0.05, 0.1) is 34.2 Å². The first kappa shape index (κ1) is 25.1. The third kappa shape index (κ3) is 3.84. The summed E-state index contributed by atoms with van der Waals surface area (Å²) in [5.41, 5.74) is 13.5. The van der Waals surface area contributed by atoms with Gasteiger partial charge in [-0.15, -0.1) is 0 Å². The fraction of sp³-hybridized carbons (Fsp3) is 0.444. The van der Waals surface area contributed by atoms with Crippen molar-refractivity contribution in [3.63, 3.8) is 0 Å². The summed E-state index contributed by atoms with van der Waals surface area (Å²) in [6.07, 6.45) is 12.6. The van der Waals surface area contributed by atoms with E-state index in [2.05, 4.69) is 75.8 Å². The van der Waals surface area contributed by atoms with E-state index in [1.165, 1.54) is 80.0 Å². The number of aromatic amines is 2. The second-order valence-corrected chi connectivity index (χ2v) is 13.5. The number of imidazole rings is 2. The Balaban J connectivity index is 1.15.